The second-order valence-corrected chi connectivity index (χ2v) is 7.06. The van der Waals surface area contributed by atoms with Crippen LogP contribution in [0.25, 0.3) is 10.8 Å². The van der Waals surface area contributed by atoms with Crippen LogP contribution in [-0.2, 0) is 0 Å². The molecule has 0 aliphatic carbocycles. The number of thiophene rings is 1. The highest BCUT2D eigenvalue weighted by atomic mass is 32.1. The van der Waals surface area contributed by atoms with Gasteiger partial charge in [0.15, 0.2) is 0 Å². The van der Waals surface area contributed by atoms with E-state index in [0.717, 1.165) is 24.4 Å². The third kappa shape index (κ3) is 3.98. The molecule has 1 heterocycles. The normalized spacial score (nSPS) is 12.1. The van der Waals surface area contributed by atoms with E-state index in [1.54, 1.807) is 11.3 Å². The highest BCUT2D eigenvalue weighted by Gasteiger charge is 2.16. The van der Waals surface area contributed by atoms with Crippen molar-refractivity contribution in [2.75, 3.05) is 13.6 Å². The number of hydrogen-bond donors (Lipinski definition) is 0. The summed E-state index contributed by atoms with van der Waals surface area (Å²) in [5.41, 5.74) is 1.07. The van der Waals surface area contributed by atoms with Gasteiger partial charge in [0.25, 0.3) is 0 Å². The van der Waals surface area contributed by atoms with Crippen LogP contribution in [0.2, 0.25) is 0 Å². The minimum Gasteiger partial charge on any atom is -0.485 e. The lowest BCUT2D eigenvalue weighted by atomic mass is 10.1. The monoisotopic (exact) mass is 337 g/mol. The Hall–Kier alpha value is -2.26. The second kappa shape index (κ2) is 7.54. The molecule has 0 aliphatic rings. The van der Waals surface area contributed by atoms with E-state index in [-0.39, 0.29) is 6.10 Å². The SMILES string of the molecule is C=C(C)N(C)CCC(Oc1ccc2ccccc2c1)c1cccs1. The average molecular weight is 337 g/mol. The van der Waals surface area contributed by atoms with Gasteiger partial charge in [-0.25, -0.2) is 0 Å². The molecule has 2 nitrogen and oxygen atoms in total. The fourth-order valence-corrected chi connectivity index (χ4v) is 3.43. The predicted molar refractivity (Wildman–Crippen MR) is 104 cm³/mol. The molecule has 0 spiro atoms. The summed E-state index contributed by atoms with van der Waals surface area (Å²) in [5.74, 6) is 0.921. The van der Waals surface area contributed by atoms with Gasteiger partial charge >= 0.3 is 0 Å². The van der Waals surface area contributed by atoms with E-state index >= 15 is 0 Å². The molecule has 0 aliphatic heterocycles. The van der Waals surface area contributed by atoms with Gasteiger partial charge in [-0.2, -0.15) is 0 Å². The maximum atomic E-state index is 6.35. The summed E-state index contributed by atoms with van der Waals surface area (Å²) in [6.45, 7) is 6.96. The summed E-state index contributed by atoms with van der Waals surface area (Å²) in [4.78, 5) is 3.43. The molecule has 1 aromatic heterocycles. The van der Waals surface area contributed by atoms with Gasteiger partial charge in [0.2, 0.25) is 0 Å². The van der Waals surface area contributed by atoms with Gasteiger partial charge in [-0.15, -0.1) is 11.3 Å². The van der Waals surface area contributed by atoms with Crippen molar-refractivity contribution in [2.45, 2.75) is 19.4 Å². The van der Waals surface area contributed by atoms with E-state index in [0.29, 0.717) is 0 Å². The Balaban J connectivity index is 1.78. The van der Waals surface area contributed by atoms with Crippen molar-refractivity contribution in [1.82, 2.24) is 4.90 Å². The zero-order valence-electron chi connectivity index (χ0n) is 14.2. The van der Waals surface area contributed by atoms with E-state index in [1.807, 2.05) is 6.92 Å². The summed E-state index contributed by atoms with van der Waals surface area (Å²) in [6, 6.07) is 18.9. The first-order valence-electron chi connectivity index (χ1n) is 8.19. The van der Waals surface area contributed by atoms with Gasteiger partial charge in [-0.1, -0.05) is 43.0 Å². The molecule has 0 radical (unpaired) electrons. The number of fused-ring (bicyclic) bond motifs is 1. The molecule has 3 aromatic rings. The average Bonchev–Trinajstić information content (AvgIpc) is 3.12. The Labute approximate surface area is 148 Å². The molecular weight excluding hydrogens is 314 g/mol. The number of allylic oxidation sites excluding steroid dienone is 1. The molecule has 24 heavy (non-hydrogen) atoms. The predicted octanol–water partition coefficient (Wildman–Crippen LogP) is 5.88. The number of nitrogens with zero attached hydrogens (tertiary/aromatic N) is 1. The summed E-state index contributed by atoms with van der Waals surface area (Å²) in [6.07, 6.45) is 0.990. The van der Waals surface area contributed by atoms with Gasteiger partial charge < -0.3 is 9.64 Å². The highest BCUT2D eigenvalue weighted by Crippen LogP contribution is 2.30. The molecule has 0 fully saturated rings. The highest BCUT2D eigenvalue weighted by molar-refractivity contribution is 7.10. The van der Waals surface area contributed by atoms with Gasteiger partial charge in [0, 0.05) is 30.6 Å². The number of benzene rings is 2. The fraction of sp³-hybridized carbons (Fsp3) is 0.238. The Kier molecular flexibility index (Phi) is 5.21. The quantitative estimate of drug-likeness (QED) is 0.534. The molecule has 0 amide bonds. The standard InChI is InChI=1S/C21H23NOS/c1-16(2)22(3)13-12-20(21-9-6-14-24-21)23-19-11-10-17-7-4-5-8-18(17)15-19/h4-11,14-15,20H,1,12-13H2,2-3H3. The molecule has 1 atom stereocenters. The van der Waals surface area contributed by atoms with Gasteiger partial charge in [-0.3, -0.25) is 0 Å². The lowest BCUT2D eigenvalue weighted by Gasteiger charge is -2.23. The first-order valence-corrected chi connectivity index (χ1v) is 9.07. The van der Waals surface area contributed by atoms with Crippen molar-refractivity contribution in [3.63, 3.8) is 0 Å². The summed E-state index contributed by atoms with van der Waals surface area (Å²) < 4.78 is 6.35. The Morgan fingerprint density at radius 1 is 1.12 bits per heavy atom. The van der Waals surface area contributed by atoms with Crippen LogP contribution in [0, 0.1) is 0 Å². The molecule has 2 aromatic carbocycles. The van der Waals surface area contributed by atoms with Crippen LogP contribution >= 0.6 is 11.3 Å². The van der Waals surface area contributed by atoms with Crippen LogP contribution < -0.4 is 4.74 Å². The molecule has 0 saturated heterocycles. The van der Waals surface area contributed by atoms with Crippen LogP contribution in [0.4, 0.5) is 0 Å². The van der Waals surface area contributed by atoms with E-state index in [2.05, 4.69) is 78.5 Å². The minimum atomic E-state index is 0.0629. The van der Waals surface area contributed by atoms with Crippen molar-refractivity contribution in [1.29, 1.82) is 0 Å². The molecule has 0 N–H and O–H groups in total. The Morgan fingerprint density at radius 3 is 2.62 bits per heavy atom. The van der Waals surface area contributed by atoms with Crippen molar-refractivity contribution >= 4 is 22.1 Å². The van der Waals surface area contributed by atoms with E-state index in [4.69, 9.17) is 4.74 Å². The van der Waals surface area contributed by atoms with Crippen LogP contribution in [0.15, 0.2) is 72.3 Å². The number of ether oxygens (including phenoxy) is 1. The van der Waals surface area contributed by atoms with E-state index in [1.165, 1.54) is 15.6 Å². The molecule has 1 unspecified atom stereocenters. The third-order valence-electron chi connectivity index (χ3n) is 4.24. The smallest absolute Gasteiger partial charge is 0.134 e. The molecular formula is C21H23NOS. The van der Waals surface area contributed by atoms with Crippen LogP contribution in [0.5, 0.6) is 5.75 Å². The molecule has 3 heteroatoms. The van der Waals surface area contributed by atoms with Crippen molar-refractivity contribution in [3.05, 3.63) is 77.1 Å². The maximum Gasteiger partial charge on any atom is 0.134 e. The summed E-state index contributed by atoms with van der Waals surface area (Å²) in [5, 5.41) is 4.55. The number of hydrogen-bond acceptors (Lipinski definition) is 3. The van der Waals surface area contributed by atoms with Gasteiger partial charge in [0.05, 0.1) is 0 Å². The van der Waals surface area contributed by atoms with E-state index in [9.17, 15) is 0 Å². The first-order chi connectivity index (χ1) is 11.6. The van der Waals surface area contributed by atoms with Crippen LogP contribution in [0.1, 0.15) is 24.3 Å². The largest absolute Gasteiger partial charge is 0.485 e. The molecule has 0 bridgehead atoms. The van der Waals surface area contributed by atoms with Crippen LogP contribution in [-0.4, -0.2) is 18.5 Å². The third-order valence-corrected chi connectivity index (χ3v) is 5.20. The Morgan fingerprint density at radius 2 is 1.92 bits per heavy atom. The van der Waals surface area contributed by atoms with E-state index < -0.39 is 0 Å². The lowest BCUT2D eigenvalue weighted by molar-refractivity contribution is 0.184. The second-order valence-electron chi connectivity index (χ2n) is 6.08. The fourth-order valence-electron chi connectivity index (χ4n) is 2.64. The molecule has 124 valence electrons. The first kappa shape index (κ1) is 16.6. The van der Waals surface area contributed by atoms with Crippen molar-refractivity contribution in [3.8, 4) is 5.75 Å². The Bertz CT molecular complexity index is 810. The number of rotatable bonds is 7. The summed E-state index contributed by atoms with van der Waals surface area (Å²) in [7, 11) is 2.07. The molecule has 0 saturated carbocycles. The zero-order chi connectivity index (χ0) is 16.9. The van der Waals surface area contributed by atoms with Crippen LogP contribution in [0.3, 0.4) is 0 Å². The van der Waals surface area contributed by atoms with Gasteiger partial charge in [-0.05, 0) is 41.3 Å². The lowest BCUT2D eigenvalue weighted by Crippen LogP contribution is -2.20. The topological polar surface area (TPSA) is 12.5 Å². The zero-order valence-corrected chi connectivity index (χ0v) is 15.1. The molecule has 3 rings (SSSR count). The minimum absolute atomic E-state index is 0.0629. The van der Waals surface area contributed by atoms with Gasteiger partial charge in [0.1, 0.15) is 11.9 Å². The summed E-state index contributed by atoms with van der Waals surface area (Å²) >= 11 is 1.75. The van der Waals surface area contributed by atoms with Crippen molar-refractivity contribution in [2.24, 2.45) is 0 Å². The maximum absolute atomic E-state index is 6.35. The van der Waals surface area contributed by atoms with Crippen molar-refractivity contribution < 1.29 is 4.74 Å².